The Hall–Kier alpha value is -4.80. The van der Waals surface area contributed by atoms with Gasteiger partial charge in [-0.2, -0.15) is 0 Å². The molecule has 0 saturated heterocycles. The number of hydrazine groups is 2. The summed E-state index contributed by atoms with van der Waals surface area (Å²) in [6.45, 7) is 5.11. The highest BCUT2D eigenvalue weighted by Crippen LogP contribution is 2.27. The van der Waals surface area contributed by atoms with Crippen LogP contribution in [-0.4, -0.2) is 34.9 Å². The van der Waals surface area contributed by atoms with Crippen molar-refractivity contribution in [1.29, 1.82) is 0 Å². The Balaban J connectivity index is 2.00. The largest absolute Gasteiger partial charge is 0.294 e. The zero-order valence-electron chi connectivity index (χ0n) is 21.3. The van der Waals surface area contributed by atoms with Gasteiger partial charge in [0.1, 0.15) is 0 Å². The highest BCUT2D eigenvalue weighted by molar-refractivity contribution is 6.17. The summed E-state index contributed by atoms with van der Waals surface area (Å²) < 4.78 is 0. The molecule has 0 heterocycles. The van der Waals surface area contributed by atoms with Crippen molar-refractivity contribution in [2.24, 2.45) is 11.7 Å². The van der Waals surface area contributed by atoms with E-state index < -0.39 is 23.4 Å². The first kappa shape index (κ1) is 27.8. The van der Waals surface area contributed by atoms with Crippen LogP contribution >= 0.6 is 0 Å². The highest BCUT2D eigenvalue weighted by Gasteiger charge is 2.26. The van der Waals surface area contributed by atoms with E-state index in [-0.39, 0.29) is 56.3 Å². The van der Waals surface area contributed by atoms with Crippen molar-refractivity contribution in [1.82, 2.24) is 0 Å². The van der Waals surface area contributed by atoms with E-state index >= 15 is 0 Å². The van der Waals surface area contributed by atoms with Crippen molar-refractivity contribution in [2.45, 2.75) is 27.7 Å². The highest BCUT2D eigenvalue weighted by atomic mass is 16.2. The van der Waals surface area contributed by atoms with Gasteiger partial charge >= 0.3 is 0 Å². The van der Waals surface area contributed by atoms with Crippen LogP contribution in [0, 0.1) is 0 Å². The molecule has 0 atom stereocenters. The van der Waals surface area contributed by atoms with Gasteiger partial charge in [-0.15, -0.1) is 0 Å². The number of benzene rings is 3. The van der Waals surface area contributed by atoms with E-state index in [1.807, 2.05) is 0 Å². The molecule has 10 heteroatoms. The lowest BCUT2D eigenvalue weighted by Gasteiger charge is -2.22. The normalized spacial score (nSPS) is 10.5. The Labute approximate surface area is 218 Å². The Morgan fingerprint density at radius 2 is 0.868 bits per heavy atom. The van der Waals surface area contributed by atoms with Crippen LogP contribution in [-0.2, 0) is 0 Å². The van der Waals surface area contributed by atoms with Gasteiger partial charge in [-0.3, -0.25) is 28.8 Å². The third-order valence-corrected chi connectivity index (χ3v) is 5.86. The molecule has 3 aromatic rings. The van der Waals surface area contributed by atoms with Gasteiger partial charge in [0.25, 0.3) is 11.8 Å². The number of carbonyl (C=O) groups is 6. The summed E-state index contributed by atoms with van der Waals surface area (Å²) in [6, 6.07) is 14.3. The van der Waals surface area contributed by atoms with Crippen molar-refractivity contribution in [3.63, 3.8) is 0 Å². The molecule has 0 aliphatic heterocycles. The standard InChI is InChI=1S/C28H26N4O6/c1-15(33)21-10-6-12-23(25(21)17(3)35)31(29)27(37)19-8-5-9-20(14-19)28(38)32(30)24-13-7-11-22(16(2)34)26(24)18(4)36/h5-14H,29-30H2,1-4H3. The zero-order chi connectivity index (χ0) is 28.3. The monoisotopic (exact) mass is 514 g/mol. The third kappa shape index (κ3) is 5.31. The number of carbonyl (C=O) groups excluding carboxylic acids is 6. The zero-order valence-corrected chi connectivity index (χ0v) is 21.3. The van der Waals surface area contributed by atoms with Crippen LogP contribution in [0.15, 0.2) is 60.7 Å². The number of hydrogen-bond donors (Lipinski definition) is 2. The summed E-state index contributed by atoms with van der Waals surface area (Å²) in [5.74, 6) is 9.02. The van der Waals surface area contributed by atoms with Crippen molar-refractivity contribution < 1.29 is 28.8 Å². The molecule has 194 valence electrons. The van der Waals surface area contributed by atoms with E-state index in [0.29, 0.717) is 0 Å². The lowest BCUT2D eigenvalue weighted by atomic mass is 9.98. The molecule has 38 heavy (non-hydrogen) atoms. The predicted molar refractivity (Wildman–Crippen MR) is 141 cm³/mol. The first-order valence-corrected chi connectivity index (χ1v) is 11.4. The van der Waals surface area contributed by atoms with Gasteiger partial charge in [-0.1, -0.05) is 30.3 Å². The number of rotatable bonds is 8. The van der Waals surface area contributed by atoms with E-state index in [1.165, 1.54) is 88.4 Å². The maximum atomic E-state index is 13.2. The molecule has 0 fully saturated rings. The van der Waals surface area contributed by atoms with Crippen molar-refractivity contribution >= 4 is 46.3 Å². The molecule has 0 radical (unpaired) electrons. The molecule has 0 aliphatic rings. The number of nitrogens with zero attached hydrogens (tertiary/aromatic N) is 2. The fraction of sp³-hybridized carbons (Fsp3) is 0.143. The summed E-state index contributed by atoms with van der Waals surface area (Å²) in [5, 5.41) is 1.47. The molecule has 3 aromatic carbocycles. The minimum absolute atomic E-state index is 0.00115. The molecule has 4 N–H and O–H groups in total. The topological polar surface area (TPSA) is 161 Å². The fourth-order valence-corrected chi connectivity index (χ4v) is 4.09. The smallest absolute Gasteiger partial charge is 0.272 e. The van der Waals surface area contributed by atoms with E-state index in [9.17, 15) is 28.8 Å². The van der Waals surface area contributed by atoms with Crippen LogP contribution in [0.2, 0.25) is 0 Å². The molecule has 0 spiro atoms. The van der Waals surface area contributed by atoms with E-state index in [2.05, 4.69) is 0 Å². The van der Waals surface area contributed by atoms with E-state index in [0.717, 1.165) is 10.0 Å². The summed E-state index contributed by atoms with van der Waals surface area (Å²) >= 11 is 0. The lowest BCUT2D eigenvalue weighted by molar-refractivity contribution is 0.0973. The number of hydrogen-bond acceptors (Lipinski definition) is 8. The van der Waals surface area contributed by atoms with Gasteiger partial charge < -0.3 is 0 Å². The third-order valence-electron chi connectivity index (χ3n) is 5.86. The summed E-state index contributed by atoms with van der Waals surface area (Å²) in [7, 11) is 0. The average Bonchev–Trinajstić information content (AvgIpc) is 2.90. The molecular weight excluding hydrogens is 488 g/mol. The number of nitrogens with two attached hydrogens (primary N) is 2. The van der Waals surface area contributed by atoms with Crippen molar-refractivity contribution in [2.75, 3.05) is 10.0 Å². The Bertz CT molecular complexity index is 1400. The minimum atomic E-state index is -0.755. The Morgan fingerprint density at radius 3 is 1.18 bits per heavy atom. The quantitative estimate of drug-likeness (QED) is 0.200. The van der Waals surface area contributed by atoms with E-state index in [1.54, 1.807) is 0 Å². The van der Waals surface area contributed by atoms with Gasteiger partial charge in [-0.05, 0) is 58.0 Å². The maximum Gasteiger partial charge on any atom is 0.272 e. The van der Waals surface area contributed by atoms with E-state index in [4.69, 9.17) is 11.7 Å². The second-order valence-corrected chi connectivity index (χ2v) is 8.56. The summed E-state index contributed by atoms with van der Waals surface area (Å²) in [5.41, 5.74) is 0.290. The van der Waals surface area contributed by atoms with Gasteiger partial charge in [0.05, 0.1) is 22.5 Å². The lowest BCUT2D eigenvalue weighted by Crippen LogP contribution is -2.40. The van der Waals surface area contributed by atoms with Gasteiger partial charge in [0.2, 0.25) is 0 Å². The average molecular weight is 515 g/mol. The fourth-order valence-electron chi connectivity index (χ4n) is 4.09. The SMILES string of the molecule is CC(=O)c1cccc(N(N)C(=O)c2cccc(C(=O)N(N)c3cccc(C(C)=O)c3C(C)=O)c2)c1C(C)=O. The van der Waals surface area contributed by atoms with Gasteiger partial charge in [0, 0.05) is 22.3 Å². The molecule has 0 saturated carbocycles. The molecule has 2 amide bonds. The molecule has 3 rings (SSSR count). The minimum Gasteiger partial charge on any atom is -0.294 e. The number of amides is 2. The first-order chi connectivity index (χ1) is 17.9. The van der Waals surface area contributed by atoms with Gasteiger partial charge in [-0.25, -0.2) is 21.7 Å². The van der Waals surface area contributed by atoms with Crippen LogP contribution in [0.3, 0.4) is 0 Å². The molecule has 0 bridgehead atoms. The molecular formula is C28H26N4O6. The van der Waals surface area contributed by atoms with Crippen LogP contribution < -0.4 is 21.7 Å². The molecule has 0 aromatic heterocycles. The van der Waals surface area contributed by atoms with Crippen LogP contribution in [0.4, 0.5) is 11.4 Å². The summed E-state index contributed by atoms with van der Waals surface area (Å²) in [4.78, 5) is 75.1. The predicted octanol–water partition coefficient (Wildman–Crippen LogP) is 3.54. The van der Waals surface area contributed by atoms with Crippen LogP contribution in [0.25, 0.3) is 0 Å². The Morgan fingerprint density at radius 1 is 0.526 bits per heavy atom. The van der Waals surface area contributed by atoms with Gasteiger partial charge in [0.15, 0.2) is 23.1 Å². The first-order valence-electron chi connectivity index (χ1n) is 11.4. The molecule has 0 unspecified atom stereocenters. The van der Waals surface area contributed by atoms with Crippen LogP contribution in [0.5, 0.6) is 0 Å². The maximum absolute atomic E-state index is 13.2. The molecule has 10 nitrogen and oxygen atoms in total. The summed E-state index contributed by atoms with van der Waals surface area (Å²) in [6.07, 6.45) is 0. The second kappa shape index (κ2) is 11.1. The number of Topliss-reactive ketones (excluding diaryl/α,β-unsaturated/α-hetero) is 4. The van der Waals surface area contributed by atoms with Crippen molar-refractivity contribution in [3.8, 4) is 0 Å². The van der Waals surface area contributed by atoms with Crippen molar-refractivity contribution in [3.05, 3.63) is 94.0 Å². The second-order valence-electron chi connectivity index (χ2n) is 8.56. The number of ketones is 4. The molecule has 0 aliphatic carbocycles. The Kier molecular flexibility index (Phi) is 8.10. The number of anilines is 2. The van der Waals surface area contributed by atoms with Crippen LogP contribution in [0.1, 0.15) is 89.8 Å².